The second kappa shape index (κ2) is 6.35. The topological polar surface area (TPSA) is 40.6 Å². The summed E-state index contributed by atoms with van der Waals surface area (Å²) < 4.78 is 40.0. The molecule has 0 aliphatic carbocycles. The van der Waals surface area contributed by atoms with Crippen LogP contribution in [0.2, 0.25) is 0 Å². The molecule has 0 aromatic heterocycles. The van der Waals surface area contributed by atoms with E-state index in [1.54, 1.807) is 24.3 Å². The van der Waals surface area contributed by atoms with E-state index in [9.17, 15) is 22.8 Å². The summed E-state index contributed by atoms with van der Waals surface area (Å²) in [6.07, 6.45) is 0. The van der Waals surface area contributed by atoms with Crippen LogP contribution in [0.15, 0.2) is 42.5 Å². The summed E-state index contributed by atoms with van der Waals surface area (Å²) in [7, 11) is 0. The van der Waals surface area contributed by atoms with Gasteiger partial charge in [0, 0.05) is 18.8 Å². The number of para-hydroxylation sites is 1. The lowest BCUT2D eigenvalue weighted by molar-refractivity contribution is -0.120. The van der Waals surface area contributed by atoms with Gasteiger partial charge in [0.1, 0.15) is 6.54 Å². The van der Waals surface area contributed by atoms with Gasteiger partial charge in [-0.2, -0.15) is 0 Å². The Bertz CT molecular complexity index is 796. The SMILES string of the molecule is O=C(c1ccc(F)c(F)c1F)N1CCN(c2ccccc2)C(=O)C1. The summed E-state index contributed by atoms with van der Waals surface area (Å²) in [5.41, 5.74) is 0.114. The first-order valence-corrected chi connectivity index (χ1v) is 7.27. The molecule has 3 rings (SSSR count). The van der Waals surface area contributed by atoms with Crippen molar-refractivity contribution in [2.24, 2.45) is 0 Å². The molecule has 0 unspecified atom stereocenters. The number of benzene rings is 2. The largest absolute Gasteiger partial charge is 0.327 e. The fourth-order valence-corrected chi connectivity index (χ4v) is 2.59. The van der Waals surface area contributed by atoms with E-state index in [0.717, 1.165) is 11.0 Å². The average molecular weight is 334 g/mol. The first-order valence-electron chi connectivity index (χ1n) is 7.27. The number of carbonyl (C=O) groups excluding carboxylic acids is 2. The number of hydrogen-bond donors (Lipinski definition) is 0. The Kier molecular flexibility index (Phi) is 4.24. The Hall–Kier alpha value is -2.83. The van der Waals surface area contributed by atoms with Crippen LogP contribution in [0.3, 0.4) is 0 Å². The fourth-order valence-electron chi connectivity index (χ4n) is 2.59. The Morgan fingerprint density at radius 3 is 2.29 bits per heavy atom. The van der Waals surface area contributed by atoms with Gasteiger partial charge in [-0.05, 0) is 24.3 Å². The molecule has 1 heterocycles. The highest BCUT2D eigenvalue weighted by molar-refractivity contribution is 6.01. The van der Waals surface area contributed by atoms with Gasteiger partial charge in [-0.1, -0.05) is 18.2 Å². The van der Waals surface area contributed by atoms with Gasteiger partial charge >= 0.3 is 0 Å². The van der Waals surface area contributed by atoms with Crippen LogP contribution in [0.1, 0.15) is 10.4 Å². The second-order valence-electron chi connectivity index (χ2n) is 5.33. The fraction of sp³-hybridized carbons (Fsp3) is 0.176. The van der Waals surface area contributed by atoms with Gasteiger partial charge in [0.05, 0.1) is 5.56 Å². The van der Waals surface area contributed by atoms with Gasteiger partial charge < -0.3 is 9.80 Å². The number of rotatable bonds is 2. The molecule has 1 fully saturated rings. The summed E-state index contributed by atoms with van der Waals surface area (Å²) in [5.74, 6) is -5.78. The van der Waals surface area contributed by atoms with Gasteiger partial charge in [-0.25, -0.2) is 13.2 Å². The maximum atomic E-state index is 13.7. The Labute approximate surface area is 136 Å². The van der Waals surface area contributed by atoms with E-state index in [0.29, 0.717) is 11.8 Å². The molecule has 0 radical (unpaired) electrons. The first kappa shape index (κ1) is 16.0. The molecular formula is C17H13F3N2O2. The Morgan fingerprint density at radius 1 is 0.917 bits per heavy atom. The molecule has 24 heavy (non-hydrogen) atoms. The molecule has 124 valence electrons. The third kappa shape index (κ3) is 2.84. The monoisotopic (exact) mass is 334 g/mol. The third-order valence-corrected chi connectivity index (χ3v) is 3.84. The molecule has 1 saturated heterocycles. The predicted molar refractivity (Wildman–Crippen MR) is 81.0 cm³/mol. The van der Waals surface area contributed by atoms with Crippen LogP contribution in [-0.4, -0.2) is 36.3 Å². The number of piperazine rings is 1. The lowest BCUT2D eigenvalue weighted by atomic mass is 10.1. The Balaban J connectivity index is 1.78. The minimum Gasteiger partial charge on any atom is -0.327 e. The van der Waals surface area contributed by atoms with Crippen LogP contribution in [0.5, 0.6) is 0 Å². The number of hydrogen-bond acceptors (Lipinski definition) is 2. The molecule has 0 spiro atoms. The molecule has 4 nitrogen and oxygen atoms in total. The molecule has 2 aromatic rings. The maximum Gasteiger partial charge on any atom is 0.257 e. The number of anilines is 1. The van der Waals surface area contributed by atoms with E-state index in [2.05, 4.69) is 0 Å². The van der Waals surface area contributed by atoms with Crippen molar-refractivity contribution < 1.29 is 22.8 Å². The smallest absolute Gasteiger partial charge is 0.257 e. The van der Waals surface area contributed by atoms with Crippen molar-refractivity contribution >= 4 is 17.5 Å². The average Bonchev–Trinajstić information content (AvgIpc) is 2.60. The molecule has 0 N–H and O–H groups in total. The van der Waals surface area contributed by atoms with E-state index in [1.807, 2.05) is 6.07 Å². The number of halogens is 3. The van der Waals surface area contributed by atoms with Gasteiger partial charge in [-0.15, -0.1) is 0 Å². The maximum absolute atomic E-state index is 13.7. The molecule has 7 heteroatoms. The molecule has 1 aliphatic rings. The summed E-state index contributed by atoms with van der Waals surface area (Å²) >= 11 is 0. The van der Waals surface area contributed by atoms with Gasteiger partial charge in [0.2, 0.25) is 5.91 Å². The van der Waals surface area contributed by atoms with Crippen LogP contribution >= 0.6 is 0 Å². The van der Waals surface area contributed by atoms with Crippen LogP contribution in [0.4, 0.5) is 18.9 Å². The van der Waals surface area contributed by atoms with E-state index in [1.165, 1.54) is 4.90 Å². The summed E-state index contributed by atoms with van der Waals surface area (Å²) in [4.78, 5) is 27.2. The normalized spacial score (nSPS) is 14.9. The van der Waals surface area contributed by atoms with E-state index < -0.39 is 28.9 Å². The van der Waals surface area contributed by atoms with Crippen molar-refractivity contribution in [3.63, 3.8) is 0 Å². The van der Waals surface area contributed by atoms with Crippen molar-refractivity contribution in [2.45, 2.75) is 0 Å². The van der Waals surface area contributed by atoms with Gasteiger partial charge in [0.15, 0.2) is 17.5 Å². The second-order valence-corrected chi connectivity index (χ2v) is 5.33. The molecule has 1 aliphatic heterocycles. The van der Waals surface area contributed by atoms with Crippen molar-refractivity contribution in [2.75, 3.05) is 24.5 Å². The predicted octanol–water partition coefficient (Wildman–Crippen LogP) is 2.59. The lowest BCUT2D eigenvalue weighted by Gasteiger charge is -2.34. The number of nitrogens with zero attached hydrogens (tertiary/aromatic N) is 2. The van der Waals surface area contributed by atoms with Crippen molar-refractivity contribution in [3.8, 4) is 0 Å². The van der Waals surface area contributed by atoms with E-state index in [4.69, 9.17) is 0 Å². The molecule has 2 amide bonds. The quantitative estimate of drug-likeness (QED) is 0.792. The Morgan fingerprint density at radius 2 is 1.62 bits per heavy atom. The van der Waals surface area contributed by atoms with Crippen LogP contribution < -0.4 is 4.90 Å². The highest BCUT2D eigenvalue weighted by Gasteiger charge is 2.30. The molecule has 0 saturated carbocycles. The van der Waals surface area contributed by atoms with E-state index >= 15 is 0 Å². The highest BCUT2D eigenvalue weighted by Crippen LogP contribution is 2.20. The zero-order chi connectivity index (χ0) is 17.3. The van der Waals surface area contributed by atoms with Gasteiger partial charge in [0.25, 0.3) is 5.91 Å². The zero-order valence-corrected chi connectivity index (χ0v) is 12.5. The highest BCUT2D eigenvalue weighted by atomic mass is 19.2. The third-order valence-electron chi connectivity index (χ3n) is 3.84. The van der Waals surface area contributed by atoms with E-state index in [-0.39, 0.29) is 25.5 Å². The minimum atomic E-state index is -1.70. The minimum absolute atomic E-state index is 0.165. The lowest BCUT2D eigenvalue weighted by Crippen LogP contribution is -2.52. The number of amides is 2. The van der Waals surface area contributed by atoms with Crippen LogP contribution in [0, 0.1) is 17.5 Å². The summed E-state index contributed by atoms with van der Waals surface area (Å²) in [5, 5.41) is 0. The van der Waals surface area contributed by atoms with Crippen LogP contribution in [0.25, 0.3) is 0 Å². The molecular weight excluding hydrogens is 321 g/mol. The number of carbonyl (C=O) groups is 2. The van der Waals surface area contributed by atoms with Gasteiger partial charge in [-0.3, -0.25) is 9.59 Å². The standard InChI is InChI=1S/C17H13F3N2O2/c18-13-7-6-12(15(19)16(13)20)17(24)21-8-9-22(14(23)10-21)11-4-2-1-3-5-11/h1-7H,8-10H2. The van der Waals surface area contributed by atoms with Crippen molar-refractivity contribution in [1.29, 1.82) is 0 Å². The molecule has 0 atom stereocenters. The van der Waals surface area contributed by atoms with Crippen molar-refractivity contribution in [1.82, 2.24) is 4.90 Å². The van der Waals surface area contributed by atoms with Crippen LogP contribution in [-0.2, 0) is 4.79 Å². The summed E-state index contributed by atoms with van der Waals surface area (Å²) in [6, 6.07) is 10.5. The zero-order valence-electron chi connectivity index (χ0n) is 12.5. The summed E-state index contributed by atoms with van der Waals surface area (Å²) in [6.45, 7) is 0.143. The first-order chi connectivity index (χ1) is 11.5. The molecule has 2 aromatic carbocycles. The van der Waals surface area contributed by atoms with Crippen molar-refractivity contribution in [3.05, 3.63) is 65.5 Å². The molecule has 0 bridgehead atoms.